The summed E-state index contributed by atoms with van der Waals surface area (Å²) in [7, 11) is 1.60. The van der Waals surface area contributed by atoms with Gasteiger partial charge in [-0.3, -0.25) is 5.43 Å². The second kappa shape index (κ2) is 5.72. The van der Waals surface area contributed by atoms with Gasteiger partial charge in [0.05, 0.1) is 18.2 Å². The molecule has 0 fully saturated rings. The van der Waals surface area contributed by atoms with Gasteiger partial charge in [-0.2, -0.15) is 4.98 Å². The number of anilines is 3. The lowest BCUT2D eigenvalue weighted by atomic mass is 10.2. The Morgan fingerprint density at radius 1 is 1.29 bits per heavy atom. The highest BCUT2D eigenvalue weighted by Gasteiger charge is 2.11. The molecule has 6 nitrogen and oxygen atoms in total. The summed E-state index contributed by atoms with van der Waals surface area (Å²) in [5, 5.41) is 6.67. The van der Waals surface area contributed by atoms with Gasteiger partial charge in [0.15, 0.2) is 0 Å². The number of aromatic nitrogens is 2. The molecule has 108 valence electrons. The number of nitrogens with zero attached hydrogens (tertiary/aromatic N) is 2. The molecule has 0 bridgehead atoms. The van der Waals surface area contributed by atoms with E-state index >= 15 is 0 Å². The summed E-state index contributed by atoms with van der Waals surface area (Å²) >= 11 is 7.55. The van der Waals surface area contributed by atoms with E-state index in [9.17, 15) is 0 Å². The molecule has 4 N–H and O–H groups in total. The third kappa shape index (κ3) is 2.71. The maximum atomic E-state index is 6.04. The molecule has 0 saturated carbocycles. The molecular formula is C13H12ClN5OS. The Bertz CT molecular complexity index is 791. The Balaban J connectivity index is 2.09. The summed E-state index contributed by atoms with van der Waals surface area (Å²) in [6, 6.07) is 7.27. The number of rotatable bonds is 4. The van der Waals surface area contributed by atoms with Gasteiger partial charge in [0.2, 0.25) is 5.95 Å². The quantitative estimate of drug-likeness (QED) is 0.504. The van der Waals surface area contributed by atoms with Gasteiger partial charge in [0.1, 0.15) is 16.4 Å². The van der Waals surface area contributed by atoms with E-state index in [-0.39, 0.29) is 0 Å². The van der Waals surface area contributed by atoms with Gasteiger partial charge in [0, 0.05) is 5.02 Å². The lowest BCUT2D eigenvalue weighted by molar-refractivity contribution is 0.417. The fourth-order valence-electron chi connectivity index (χ4n) is 1.92. The summed E-state index contributed by atoms with van der Waals surface area (Å²) in [5.41, 5.74) is 3.18. The maximum Gasteiger partial charge on any atom is 0.240 e. The number of hydrazine groups is 1. The summed E-state index contributed by atoms with van der Waals surface area (Å²) < 4.78 is 5.32. The SMILES string of the molecule is COc1ccc(Cl)cc1Nc1nc(NN)nc2sccc12. The number of nitrogen functional groups attached to an aromatic ring is 1. The Hall–Kier alpha value is -2.09. The molecule has 3 aromatic rings. The Labute approximate surface area is 129 Å². The number of benzene rings is 1. The van der Waals surface area contributed by atoms with E-state index in [1.54, 1.807) is 25.3 Å². The highest BCUT2D eigenvalue weighted by Crippen LogP contribution is 2.33. The molecule has 0 amide bonds. The molecule has 0 atom stereocenters. The fourth-order valence-corrected chi connectivity index (χ4v) is 2.86. The van der Waals surface area contributed by atoms with Crippen molar-refractivity contribution in [3.63, 3.8) is 0 Å². The molecule has 2 aromatic heterocycles. The lowest BCUT2D eigenvalue weighted by Crippen LogP contribution is -2.11. The molecule has 3 rings (SSSR count). The summed E-state index contributed by atoms with van der Waals surface area (Å²) in [4.78, 5) is 9.47. The largest absolute Gasteiger partial charge is 0.495 e. The van der Waals surface area contributed by atoms with E-state index in [1.807, 2.05) is 11.4 Å². The van der Waals surface area contributed by atoms with Crippen LogP contribution in [0.4, 0.5) is 17.5 Å². The third-order valence-electron chi connectivity index (χ3n) is 2.87. The van der Waals surface area contributed by atoms with Crippen LogP contribution in [0.25, 0.3) is 10.2 Å². The minimum absolute atomic E-state index is 0.341. The zero-order valence-corrected chi connectivity index (χ0v) is 12.6. The van der Waals surface area contributed by atoms with Crippen molar-refractivity contribution in [3.8, 4) is 5.75 Å². The van der Waals surface area contributed by atoms with E-state index in [0.29, 0.717) is 22.5 Å². The highest BCUT2D eigenvalue weighted by atomic mass is 35.5. The van der Waals surface area contributed by atoms with Crippen molar-refractivity contribution in [2.45, 2.75) is 0 Å². The second-order valence-electron chi connectivity index (χ2n) is 4.15. The van der Waals surface area contributed by atoms with E-state index in [4.69, 9.17) is 22.2 Å². The van der Waals surface area contributed by atoms with Gasteiger partial charge >= 0.3 is 0 Å². The zero-order chi connectivity index (χ0) is 14.8. The average molecular weight is 322 g/mol. The van der Waals surface area contributed by atoms with Crippen LogP contribution in [0, 0.1) is 0 Å². The van der Waals surface area contributed by atoms with Crippen LogP contribution in [0.2, 0.25) is 5.02 Å². The smallest absolute Gasteiger partial charge is 0.240 e. The molecule has 0 aliphatic carbocycles. The number of thiophene rings is 1. The maximum absolute atomic E-state index is 6.04. The van der Waals surface area contributed by atoms with Crippen LogP contribution in [0.5, 0.6) is 5.75 Å². The van der Waals surface area contributed by atoms with E-state index in [0.717, 1.165) is 15.9 Å². The van der Waals surface area contributed by atoms with Crippen LogP contribution < -0.4 is 21.3 Å². The monoisotopic (exact) mass is 321 g/mol. The molecule has 0 aliphatic rings. The molecule has 2 heterocycles. The number of fused-ring (bicyclic) bond motifs is 1. The van der Waals surface area contributed by atoms with Crippen molar-refractivity contribution < 1.29 is 4.74 Å². The first-order chi connectivity index (χ1) is 10.2. The molecule has 21 heavy (non-hydrogen) atoms. The van der Waals surface area contributed by atoms with Gasteiger partial charge in [-0.15, -0.1) is 11.3 Å². The molecular weight excluding hydrogens is 310 g/mol. The summed E-state index contributed by atoms with van der Waals surface area (Å²) in [5.74, 6) is 7.05. The third-order valence-corrected chi connectivity index (χ3v) is 3.91. The van der Waals surface area contributed by atoms with Crippen molar-refractivity contribution in [1.29, 1.82) is 0 Å². The first-order valence-electron chi connectivity index (χ1n) is 6.03. The molecule has 0 spiro atoms. The predicted molar refractivity (Wildman–Crippen MR) is 86.5 cm³/mol. The van der Waals surface area contributed by atoms with Crippen molar-refractivity contribution in [1.82, 2.24) is 9.97 Å². The number of nitrogens with one attached hydrogen (secondary N) is 2. The zero-order valence-electron chi connectivity index (χ0n) is 11.1. The van der Waals surface area contributed by atoms with Crippen LogP contribution in [0.15, 0.2) is 29.6 Å². The fraction of sp³-hybridized carbons (Fsp3) is 0.0769. The van der Waals surface area contributed by atoms with Crippen LogP contribution in [-0.4, -0.2) is 17.1 Å². The Kier molecular flexibility index (Phi) is 3.78. The van der Waals surface area contributed by atoms with Gasteiger partial charge < -0.3 is 10.1 Å². The van der Waals surface area contributed by atoms with Crippen LogP contribution >= 0.6 is 22.9 Å². The Morgan fingerprint density at radius 3 is 2.90 bits per heavy atom. The molecule has 0 unspecified atom stereocenters. The average Bonchev–Trinajstić information content (AvgIpc) is 2.96. The number of ether oxygens (including phenoxy) is 1. The molecule has 0 aliphatic heterocycles. The lowest BCUT2D eigenvalue weighted by Gasteiger charge is -2.12. The van der Waals surface area contributed by atoms with E-state index in [2.05, 4.69) is 20.7 Å². The Morgan fingerprint density at radius 2 is 2.14 bits per heavy atom. The number of methoxy groups -OCH3 is 1. The van der Waals surface area contributed by atoms with Gasteiger partial charge in [-0.05, 0) is 29.6 Å². The summed E-state index contributed by atoms with van der Waals surface area (Å²) in [6.45, 7) is 0. The normalized spacial score (nSPS) is 10.6. The van der Waals surface area contributed by atoms with Gasteiger partial charge in [-0.1, -0.05) is 11.6 Å². The number of hydrogen-bond acceptors (Lipinski definition) is 7. The van der Waals surface area contributed by atoms with Crippen molar-refractivity contribution in [2.75, 3.05) is 17.9 Å². The molecule has 1 aromatic carbocycles. The van der Waals surface area contributed by atoms with E-state index in [1.165, 1.54) is 11.3 Å². The minimum Gasteiger partial charge on any atom is -0.495 e. The second-order valence-corrected chi connectivity index (χ2v) is 5.48. The highest BCUT2D eigenvalue weighted by molar-refractivity contribution is 7.16. The van der Waals surface area contributed by atoms with Crippen LogP contribution in [-0.2, 0) is 0 Å². The van der Waals surface area contributed by atoms with Gasteiger partial charge in [0.25, 0.3) is 0 Å². The van der Waals surface area contributed by atoms with Crippen molar-refractivity contribution >= 4 is 50.6 Å². The van der Waals surface area contributed by atoms with Crippen LogP contribution in [0.3, 0.4) is 0 Å². The van der Waals surface area contributed by atoms with Crippen LogP contribution in [0.1, 0.15) is 0 Å². The van der Waals surface area contributed by atoms with Gasteiger partial charge in [-0.25, -0.2) is 10.8 Å². The molecule has 0 radical (unpaired) electrons. The van der Waals surface area contributed by atoms with Crippen molar-refractivity contribution in [3.05, 3.63) is 34.7 Å². The molecule has 0 saturated heterocycles. The number of hydrogen-bond donors (Lipinski definition) is 3. The minimum atomic E-state index is 0.341. The van der Waals surface area contributed by atoms with Crippen molar-refractivity contribution in [2.24, 2.45) is 5.84 Å². The first kappa shape index (κ1) is 13.9. The number of nitrogens with two attached hydrogens (primary N) is 1. The standard InChI is InChI=1S/C13H12ClN5OS/c1-20-10-3-2-7(14)6-9(10)16-11-8-4-5-21-12(8)18-13(17-11)19-15/h2-6H,15H2,1H3,(H2,16,17,18,19). The van der Waals surface area contributed by atoms with E-state index < -0.39 is 0 Å². The first-order valence-corrected chi connectivity index (χ1v) is 7.29. The molecule has 8 heteroatoms. The topological polar surface area (TPSA) is 85.1 Å². The summed E-state index contributed by atoms with van der Waals surface area (Å²) in [6.07, 6.45) is 0. The number of halogens is 1. The predicted octanol–water partition coefficient (Wildman–Crippen LogP) is 3.38.